The largest absolute Gasteiger partial charge is 0.381 e. The molecule has 6 heteroatoms. The highest BCUT2D eigenvalue weighted by Crippen LogP contribution is 2.17. The summed E-state index contributed by atoms with van der Waals surface area (Å²) >= 11 is 0. The van der Waals surface area contributed by atoms with Gasteiger partial charge in [-0.15, -0.1) is 0 Å². The minimum absolute atomic E-state index is 0.233. The monoisotopic (exact) mass is 319 g/mol. The van der Waals surface area contributed by atoms with E-state index in [1.165, 1.54) is 0 Å². The first-order chi connectivity index (χ1) is 10.4. The molecule has 22 heavy (non-hydrogen) atoms. The summed E-state index contributed by atoms with van der Waals surface area (Å²) in [5, 5.41) is 3.28. The smallest absolute Gasteiger partial charge is 0.263 e. The molecule has 0 amide bonds. The fourth-order valence-corrected chi connectivity index (χ4v) is 3.02. The molecular weight excluding hydrogens is 298 g/mol. The molecule has 1 aromatic heterocycles. The summed E-state index contributed by atoms with van der Waals surface area (Å²) in [5.74, 6) is 0.302. The topological polar surface area (TPSA) is 71.1 Å². The number of aryl methyl sites for hydroxylation is 1. The second-order valence-electron chi connectivity index (χ2n) is 5.31. The molecule has 1 unspecified atom stereocenters. The fourth-order valence-electron chi connectivity index (χ4n) is 1.91. The predicted octanol–water partition coefficient (Wildman–Crippen LogP) is 3.40. The van der Waals surface area contributed by atoms with Crippen molar-refractivity contribution in [2.45, 2.75) is 38.1 Å². The molecule has 0 aliphatic heterocycles. The first-order valence-electron chi connectivity index (χ1n) is 7.23. The zero-order valence-corrected chi connectivity index (χ0v) is 13.8. The SMILES string of the molecule is CCC(C)Nc1ccc(NS(=O)(=O)c2cccc(C)c2)nc1. The van der Waals surface area contributed by atoms with E-state index in [4.69, 9.17) is 0 Å². The van der Waals surface area contributed by atoms with E-state index in [1.54, 1.807) is 30.5 Å². The number of nitrogens with one attached hydrogen (secondary N) is 2. The van der Waals surface area contributed by atoms with E-state index in [9.17, 15) is 8.42 Å². The number of sulfonamides is 1. The van der Waals surface area contributed by atoms with Crippen LogP contribution < -0.4 is 10.0 Å². The van der Waals surface area contributed by atoms with Gasteiger partial charge in [-0.3, -0.25) is 4.72 Å². The molecule has 118 valence electrons. The molecule has 0 fully saturated rings. The van der Waals surface area contributed by atoms with Crippen LogP contribution in [0.1, 0.15) is 25.8 Å². The molecule has 1 atom stereocenters. The first kappa shape index (κ1) is 16.3. The number of nitrogens with zero attached hydrogens (tertiary/aromatic N) is 1. The molecule has 1 aromatic carbocycles. The minimum atomic E-state index is -3.61. The van der Waals surface area contributed by atoms with Gasteiger partial charge < -0.3 is 5.32 Å². The third-order valence-electron chi connectivity index (χ3n) is 3.33. The van der Waals surface area contributed by atoms with Gasteiger partial charge in [0, 0.05) is 6.04 Å². The van der Waals surface area contributed by atoms with Crippen molar-refractivity contribution in [1.29, 1.82) is 0 Å². The molecule has 0 spiro atoms. The minimum Gasteiger partial charge on any atom is -0.381 e. The molecule has 1 heterocycles. The number of aromatic nitrogens is 1. The maximum atomic E-state index is 12.3. The molecular formula is C16H21N3O2S. The standard InChI is InChI=1S/C16H21N3O2S/c1-4-13(3)18-14-8-9-16(17-11-14)19-22(20,21)15-7-5-6-12(2)10-15/h5-11,13,18H,4H2,1-3H3,(H,17,19). The summed E-state index contributed by atoms with van der Waals surface area (Å²) in [6.07, 6.45) is 2.63. The molecule has 0 saturated carbocycles. The molecule has 5 nitrogen and oxygen atoms in total. The van der Waals surface area contributed by atoms with Crippen LogP contribution in [-0.4, -0.2) is 19.4 Å². The summed E-state index contributed by atoms with van der Waals surface area (Å²) in [6.45, 7) is 6.02. The van der Waals surface area contributed by atoms with Crippen molar-refractivity contribution in [1.82, 2.24) is 4.98 Å². The first-order valence-corrected chi connectivity index (χ1v) is 8.71. The van der Waals surface area contributed by atoms with E-state index in [0.29, 0.717) is 11.9 Å². The van der Waals surface area contributed by atoms with E-state index < -0.39 is 10.0 Å². The predicted molar refractivity (Wildman–Crippen MR) is 89.6 cm³/mol. The van der Waals surface area contributed by atoms with Gasteiger partial charge in [0.2, 0.25) is 0 Å². The van der Waals surface area contributed by atoms with Gasteiger partial charge >= 0.3 is 0 Å². The zero-order chi connectivity index (χ0) is 16.2. The number of pyridine rings is 1. The van der Waals surface area contributed by atoms with Crippen LogP contribution in [0.25, 0.3) is 0 Å². The van der Waals surface area contributed by atoms with Crippen molar-refractivity contribution in [3.63, 3.8) is 0 Å². The normalized spacial score (nSPS) is 12.7. The molecule has 0 saturated heterocycles. The lowest BCUT2D eigenvalue weighted by Gasteiger charge is -2.13. The average Bonchev–Trinajstić information content (AvgIpc) is 2.49. The molecule has 0 aliphatic carbocycles. The number of anilines is 2. The van der Waals surface area contributed by atoms with Crippen LogP contribution in [0.4, 0.5) is 11.5 Å². The van der Waals surface area contributed by atoms with Crippen LogP contribution in [0, 0.1) is 6.92 Å². The Hall–Kier alpha value is -2.08. The van der Waals surface area contributed by atoms with Crippen LogP contribution in [0.2, 0.25) is 0 Å². The summed E-state index contributed by atoms with van der Waals surface area (Å²) in [7, 11) is -3.61. The van der Waals surface area contributed by atoms with Gasteiger partial charge in [-0.2, -0.15) is 0 Å². The third kappa shape index (κ3) is 4.21. The molecule has 2 rings (SSSR count). The second-order valence-corrected chi connectivity index (χ2v) is 6.99. The van der Waals surface area contributed by atoms with Crippen LogP contribution >= 0.6 is 0 Å². The van der Waals surface area contributed by atoms with Crippen LogP contribution in [0.5, 0.6) is 0 Å². The summed E-state index contributed by atoms with van der Waals surface area (Å²) < 4.78 is 27.1. The van der Waals surface area contributed by atoms with Crippen molar-refractivity contribution < 1.29 is 8.42 Å². The highest BCUT2D eigenvalue weighted by Gasteiger charge is 2.14. The Bertz CT molecular complexity index is 727. The quantitative estimate of drug-likeness (QED) is 0.856. The van der Waals surface area contributed by atoms with Crippen LogP contribution in [-0.2, 0) is 10.0 Å². The van der Waals surface area contributed by atoms with E-state index in [1.807, 2.05) is 19.1 Å². The average molecular weight is 319 g/mol. The Morgan fingerprint density at radius 3 is 2.59 bits per heavy atom. The molecule has 2 N–H and O–H groups in total. The van der Waals surface area contributed by atoms with Crippen molar-refractivity contribution in [2.75, 3.05) is 10.0 Å². The highest BCUT2D eigenvalue weighted by atomic mass is 32.2. The van der Waals surface area contributed by atoms with Gasteiger partial charge in [0.1, 0.15) is 5.82 Å². The second kappa shape index (κ2) is 6.79. The lowest BCUT2D eigenvalue weighted by atomic mass is 10.2. The van der Waals surface area contributed by atoms with E-state index in [0.717, 1.165) is 17.7 Å². The van der Waals surface area contributed by atoms with Crippen molar-refractivity contribution >= 4 is 21.5 Å². The Labute approximate surface area is 131 Å². The van der Waals surface area contributed by atoms with E-state index in [2.05, 4.69) is 28.9 Å². The highest BCUT2D eigenvalue weighted by molar-refractivity contribution is 7.92. The maximum Gasteiger partial charge on any atom is 0.263 e. The van der Waals surface area contributed by atoms with Crippen LogP contribution in [0.3, 0.4) is 0 Å². The Morgan fingerprint density at radius 1 is 1.23 bits per heavy atom. The maximum absolute atomic E-state index is 12.3. The molecule has 2 aromatic rings. The van der Waals surface area contributed by atoms with Crippen molar-refractivity contribution in [3.05, 3.63) is 48.2 Å². The molecule has 0 aliphatic rings. The van der Waals surface area contributed by atoms with Crippen molar-refractivity contribution in [3.8, 4) is 0 Å². The number of hydrogen-bond donors (Lipinski definition) is 2. The number of hydrogen-bond acceptors (Lipinski definition) is 4. The molecule has 0 bridgehead atoms. The lowest BCUT2D eigenvalue weighted by molar-refractivity contribution is 0.601. The third-order valence-corrected chi connectivity index (χ3v) is 4.68. The fraction of sp³-hybridized carbons (Fsp3) is 0.312. The van der Waals surface area contributed by atoms with Gasteiger partial charge in [-0.25, -0.2) is 13.4 Å². The Kier molecular flexibility index (Phi) is 5.03. The van der Waals surface area contributed by atoms with Gasteiger partial charge in [0.25, 0.3) is 10.0 Å². The van der Waals surface area contributed by atoms with Crippen molar-refractivity contribution in [2.24, 2.45) is 0 Å². The van der Waals surface area contributed by atoms with Gasteiger partial charge in [-0.05, 0) is 50.1 Å². The summed E-state index contributed by atoms with van der Waals surface area (Å²) in [6, 6.07) is 10.6. The summed E-state index contributed by atoms with van der Waals surface area (Å²) in [5.41, 5.74) is 1.76. The molecule has 0 radical (unpaired) electrons. The zero-order valence-electron chi connectivity index (χ0n) is 13.0. The van der Waals surface area contributed by atoms with E-state index in [-0.39, 0.29) is 4.90 Å². The van der Waals surface area contributed by atoms with Gasteiger partial charge in [0.05, 0.1) is 16.8 Å². The Balaban J connectivity index is 2.13. The number of benzene rings is 1. The lowest BCUT2D eigenvalue weighted by Crippen LogP contribution is -2.15. The van der Waals surface area contributed by atoms with Gasteiger partial charge in [-0.1, -0.05) is 19.1 Å². The Morgan fingerprint density at radius 2 is 2.00 bits per heavy atom. The van der Waals surface area contributed by atoms with Crippen LogP contribution in [0.15, 0.2) is 47.5 Å². The van der Waals surface area contributed by atoms with E-state index >= 15 is 0 Å². The van der Waals surface area contributed by atoms with Gasteiger partial charge in [0.15, 0.2) is 0 Å². The summed E-state index contributed by atoms with van der Waals surface area (Å²) in [4.78, 5) is 4.38. The number of rotatable bonds is 6.